The molecule has 3 atom stereocenters. The molecule has 254 valence electrons. The van der Waals surface area contributed by atoms with E-state index in [2.05, 4.69) is 87.0 Å². The average molecular weight is 635 g/mol. The second kappa shape index (κ2) is 18.1. The Morgan fingerprint density at radius 1 is 0.957 bits per heavy atom. The highest BCUT2D eigenvalue weighted by atomic mass is 16.7. The minimum absolute atomic E-state index is 0.155. The summed E-state index contributed by atoms with van der Waals surface area (Å²) in [5.41, 5.74) is 13.8. The number of nitrogens with zero attached hydrogens (tertiary/aromatic N) is 3. The number of hydrazine groups is 2. The second-order valence-corrected chi connectivity index (χ2v) is 13.4. The fraction of sp³-hybridized carbons (Fsp3) is 0.622. The van der Waals surface area contributed by atoms with Crippen LogP contribution in [0.15, 0.2) is 53.6 Å². The van der Waals surface area contributed by atoms with Gasteiger partial charge in [0.05, 0.1) is 18.3 Å². The second-order valence-electron chi connectivity index (χ2n) is 13.4. The summed E-state index contributed by atoms with van der Waals surface area (Å²) in [6, 6.07) is 16.6. The largest absolute Gasteiger partial charge is 0.353 e. The first kappa shape index (κ1) is 35.6. The molecule has 4 N–H and O–H groups in total. The van der Waals surface area contributed by atoms with Gasteiger partial charge < -0.3 is 15.2 Å². The van der Waals surface area contributed by atoms with Crippen molar-refractivity contribution in [2.24, 2.45) is 10.8 Å². The molecule has 2 aromatic rings. The van der Waals surface area contributed by atoms with Crippen molar-refractivity contribution >= 4 is 17.7 Å². The number of hydrogen-bond donors (Lipinski definition) is 3. The van der Waals surface area contributed by atoms with E-state index in [-0.39, 0.29) is 12.4 Å². The van der Waals surface area contributed by atoms with Crippen LogP contribution in [0.1, 0.15) is 140 Å². The Hall–Kier alpha value is -3.30. The highest BCUT2D eigenvalue weighted by molar-refractivity contribution is 5.96. The standard InChI is InChI=1S/C37H58N6O3/c1-6-7-8-9-17-29(33-22-11-10-20-31(33)27(2)3)18-16-19-30(46-35-24-14-15-25-45-35)26-42-37(39-36(38)44)40-41-43(42)34-23-13-12-21-32(34)28(4)5/h10-13,20-23,27-30,35,41H,6-9,14-19,24-26H2,1-5H3,(H3,38,39,40,44). The van der Waals surface area contributed by atoms with Gasteiger partial charge in [0.15, 0.2) is 6.29 Å². The summed E-state index contributed by atoms with van der Waals surface area (Å²) >= 11 is 0. The fourth-order valence-corrected chi connectivity index (χ4v) is 6.73. The topological polar surface area (TPSA) is 104 Å². The number of nitrogens with one attached hydrogen (secondary N) is 2. The van der Waals surface area contributed by atoms with Crippen molar-refractivity contribution in [2.45, 2.75) is 135 Å². The molecule has 2 aliphatic heterocycles. The van der Waals surface area contributed by atoms with E-state index in [0.717, 1.165) is 50.8 Å². The highest BCUT2D eigenvalue weighted by Gasteiger charge is 2.33. The summed E-state index contributed by atoms with van der Waals surface area (Å²) in [7, 11) is 0. The average Bonchev–Trinajstić information content (AvgIpc) is 3.43. The van der Waals surface area contributed by atoms with Crippen molar-refractivity contribution in [3.8, 4) is 0 Å². The van der Waals surface area contributed by atoms with Gasteiger partial charge in [-0.15, -0.1) is 5.10 Å². The summed E-state index contributed by atoms with van der Waals surface area (Å²) in [6.07, 6.45) is 11.9. The maximum atomic E-state index is 12.0. The number of rotatable bonds is 17. The zero-order valence-corrected chi connectivity index (χ0v) is 28.8. The summed E-state index contributed by atoms with van der Waals surface area (Å²) in [6.45, 7) is 12.4. The van der Waals surface area contributed by atoms with Crippen LogP contribution < -0.4 is 21.7 Å². The van der Waals surface area contributed by atoms with Gasteiger partial charge in [0.1, 0.15) is 0 Å². The number of hydrogen-bond acceptors (Lipinski definition) is 7. The van der Waals surface area contributed by atoms with E-state index in [4.69, 9.17) is 15.2 Å². The predicted molar refractivity (Wildman–Crippen MR) is 187 cm³/mol. The van der Waals surface area contributed by atoms with E-state index in [0.29, 0.717) is 30.3 Å². The fourth-order valence-electron chi connectivity index (χ4n) is 6.73. The number of para-hydroxylation sites is 1. The molecule has 2 aliphatic rings. The molecule has 2 heterocycles. The van der Waals surface area contributed by atoms with E-state index >= 15 is 0 Å². The van der Waals surface area contributed by atoms with Crippen LogP contribution in [-0.4, -0.2) is 42.5 Å². The van der Waals surface area contributed by atoms with E-state index in [1.165, 1.54) is 48.8 Å². The minimum atomic E-state index is -0.660. The highest BCUT2D eigenvalue weighted by Crippen LogP contribution is 2.35. The van der Waals surface area contributed by atoms with Gasteiger partial charge in [-0.1, -0.05) is 109 Å². The molecule has 3 unspecified atom stereocenters. The molecule has 0 bridgehead atoms. The van der Waals surface area contributed by atoms with Crippen molar-refractivity contribution in [1.82, 2.24) is 15.9 Å². The number of amides is 2. The SMILES string of the molecule is CCCCCCC(CCCC(CN1C(NC(N)=O)=NNN1c1ccccc1C(C)C)OC1CCCCO1)c1ccccc1C(C)C. The number of urea groups is 1. The molecule has 2 amide bonds. The lowest BCUT2D eigenvalue weighted by Gasteiger charge is -2.36. The quantitative estimate of drug-likeness (QED) is 0.151. The molecule has 46 heavy (non-hydrogen) atoms. The van der Waals surface area contributed by atoms with Crippen LogP contribution >= 0.6 is 0 Å². The Bertz CT molecular complexity index is 1250. The van der Waals surface area contributed by atoms with Gasteiger partial charge in [0, 0.05) is 6.61 Å². The van der Waals surface area contributed by atoms with Crippen molar-refractivity contribution < 1.29 is 14.3 Å². The summed E-state index contributed by atoms with van der Waals surface area (Å²) in [5, 5.41) is 11.0. The Balaban J connectivity index is 1.55. The molecule has 1 saturated heterocycles. The normalized spacial score (nSPS) is 18.1. The zero-order valence-electron chi connectivity index (χ0n) is 28.8. The van der Waals surface area contributed by atoms with Crippen LogP contribution in [0, 0.1) is 0 Å². The van der Waals surface area contributed by atoms with Gasteiger partial charge in [-0.2, -0.15) is 10.7 Å². The van der Waals surface area contributed by atoms with Crippen molar-refractivity contribution in [2.75, 3.05) is 18.3 Å². The number of nitrogens with two attached hydrogens (primary N) is 1. The molecule has 0 radical (unpaired) electrons. The molecular formula is C37H58N6O3. The smallest absolute Gasteiger partial charge is 0.319 e. The molecule has 2 aromatic carbocycles. The van der Waals surface area contributed by atoms with Crippen LogP contribution in [0.25, 0.3) is 0 Å². The molecule has 1 fully saturated rings. The molecule has 0 aromatic heterocycles. The van der Waals surface area contributed by atoms with Crippen LogP contribution in [0.5, 0.6) is 0 Å². The predicted octanol–water partition coefficient (Wildman–Crippen LogP) is 8.25. The Morgan fingerprint density at radius 2 is 1.65 bits per heavy atom. The number of anilines is 1. The van der Waals surface area contributed by atoms with Crippen LogP contribution in [0.3, 0.4) is 0 Å². The summed E-state index contributed by atoms with van der Waals surface area (Å²) in [5.74, 6) is 1.65. The maximum absolute atomic E-state index is 12.0. The first-order valence-corrected chi connectivity index (χ1v) is 17.7. The lowest BCUT2D eigenvalue weighted by molar-refractivity contribution is -0.191. The molecule has 9 nitrogen and oxygen atoms in total. The van der Waals surface area contributed by atoms with Crippen LogP contribution in [-0.2, 0) is 9.47 Å². The third-order valence-corrected chi connectivity index (χ3v) is 9.16. The zero-order chi connectivity index (χ0) is 32.9. The third-order valence-electron chi connectivity index (χ3n) is 9.16. The Morgan fingerprint density at radius 3 is 2.33 bits per heavy atom. The first-order chi connectivity index (χ1) is 22.3. The number of carbonyl (C=O) groups is 1. The third kappa shape index (κ3) is 10.1. The molecule has 0 spiro atoms. The van der Waals surface area contributed by atoms with E-state index in [9.17, 15) is 4.79 Å². The molecule has 0 aliphatic carbocycles. The number of hydrazone groups is 1. The van der Waals surface area contributed by atoms with Crippen LogP contribution in [0.2, 0.25) is 0 Å². The lowest BCUT2D eigenvalue weighted by atomic mass is 9.83. The number of ether oxygens (including phenoxy) is 2. The number of benzene rings is 2. The van der Waals surface area contributed by atoms with Gasteiger partial charge in [-0.05, 0) is 79.0 Å². The summed E-state index contributed by atoms with van der Waals surface area (Å²) in [4.78, 5) is 12.0. The Kier molecular flexibility index (Phi) is 14.0. The molecular weight excluding hydrogens is 576 g/mol. The van der Waals surface area contributed by atoms with E-state index in [1.54, 1.807) is 0 Å². The van der Waals surface area contributed by atoms with Crippen molar-refractivity contribution in [1.29, 1.82) is 0 Å². The van der Waals surface area contributed by atoms with Crippen LogP contribution in [0.4, 0.5) is 10.5 Å². The molecule has 0 saturated carbocycles. The monoisotopic (exact) mass is 634 g/mol. The van der Waals surface area contributed by atoms with Gasteiger partial charge in [0.25, 0.3) is 0 Å². The van der Waals surface area contributed by atoms with Crippen molar-refractivity contribution in [3.63, 3.8) is 0 Å². The number of unbranched alkanes of at least 4 members (excludes halogenated alkanes) is 3. The van der Waals surface area contributed by atoms with Gasteiger partial charge in [-0.3, -0.25) is 5.32 Å². The summed E-state index contributed by atoms with van der Waals surface area (Å²) < 4.78 is 12.8. The maximum Gasteiger partial charge on any atom is 0.319 e. The van der Waals surface area contributed by atoms with Gasteiger partial charge in [-0.25, -0.2) is 9.80 Å². The first-order valence-electron chi connectivity index (χ1n) is 17.7. The van der Waals surface area contributed by atoms with E-state index in [1.807, 2.05) is 22.3 Å². The lowest BCUT2D eigenvalue weighted by Crippen LogP contribution is -2.55. The van der Waals surface area contributed by atoms with Gasteiger partial charge in [0.2, 0.25) is 5.96 Å². The molecule has 4 rings (SSSR count). The van der Waals surface area contributed by atoms with Crippen molar-refractivity contribution in [3.05, 3.63) is 65.2 Å². The number of carbonyl (C=O) groups excluding carboxylic acids is 1. The molecule has 9 heteroatoms. The van der Waals surface area contributed by atoms with Gasteiger partial charge >= 0.3 is 6.03 Å². The number of primary amides is 1. The van der Waals surface area contributed by atoms with E-state index < -0.39 is 6.03 Å². The Labute approximate surface area is 277 Å². The minimum Gasteiger partial charge on any atom is -0.353 e. The number of guanidine groups is 1.